The first kappa shape index (κ1) is 17.3. The molecule has 2 aromatic rings. The number of hydrogen-bond donors (Lipinski definition) is 1. The van der Waals surface area contributed by atoms with E-state index in [2.05, 4.69) is 5.32 Å². The Kier molecular flexibility index (Phi) is 4.57. The molecule has 1 aromatic carbocycles. The van der Waals surface area contributed by atoms with E-state index in [9.17, 15) is 9.59 Å². The fourth-order valence-corrected chi connectivity index (χ4v) is 4.63. The maximum Gasteiger partial charge on any atom is 0.227 e. The number of likely N-dealkylation sites (tertiary alicyclic amines) is 1. The van der Waals surface area contributed by atoms with Gasteiger partial charge in [0, 0.05) is 29.3 Å². The summed E-state index contributed by atoms with van der Waals surface area (Å²) < 4.78 is 0. The number of benzene rings is 1. The molecule has 0 bridgehead atoms. The topological polar surface area (TPSA) is 49.4 Å². The highest BCUT2D eigenvalue weighted by Gasteiger charge is 2.61. The lowest BCUT2D eigenvalue weighted by atomic mass is 10.0. The van der Waals surface area contributed by atoms with Gasteiger partial charge in [0.1, 0.15) is 0 Å². The number of carbonyl (C=O) groups is 2. The number of rotatable bonds is 5. The molecule has 1 aromatic heterocycles. The van der Waals surface area contributed by atoms with E-state index < -0.39 is 0 Å². The highest BCUT2D eigenvalue weighted by Crippen LogP contribution is 2.58. The van der Waals surface area contributed by atoms with Gasteiger partial charge >= 0.3 is 0 Å². The van der Waals surface area contributed by atoms with Crippen molar-refractivity contribution >= 4 is 23.2 Å². The summed E-state index contributed by atoms with van der Waals surface area (Å²) in [5.74, 6) is 0.390. The fraction of sp³-hybridized carbons (Fsp3) is 0.429. The number of amides is 2. The molecule has 2 amide bonds. The molecular formula is C21H24N2O2S. The summed E-state index contributed by atoms with van der Waals surface area (Å²) in [6.07, 6.45) is 2.31. The van der Waals surface area contributed by atoms with E-state index in [1.54, 1.807) is 11.3 Å². The lowest BCUT2D eigenvalue weighted by Crippen LogP contribution is -2.32. The lowest BCUT2D eigenvalue weighted by Gasteiger charge is -2.17. The van der Waals surface area contributed by atoms with Crippen LogP contribution < -0.4 is 5.32 Å². The molecule has 1 saturated carbocycles. The molecule has 2 heterocycles. The van der Waals surface area contributed by atoms with E-state index in [-0.39, 0.29) is 23.1 Å². The quantitative estimate of drug-likeness (QED) is 0.881. The van der Waals surface area contributed by atoms with Crippen LogP contribution in [0.1, 0.15) is 28.8 Å². The molecule has 4 nitrogen and oxygen atoms in total. The SMILES string of the molecule is Cc1ccc(CC(=O)N2CC[C@]3(C[C@@H]3C(=O)NCc3cccs3)C2)cc1. The van der Waals surface area contributed by atoms with E-state index >= 15 is 0 Å². The summed E-state index contributed by atoms with van der Waals surface area (Å²) >= 11 is 1.66. The van der Waals surface area contributed by atoms with Crippen LogP contribution in [0.5, 0.6) is 0 Å². The number of thiophene rings is 1. The van der Waals surface area contributed by atoms with Gasteiger partial charge in [0.2, 0.25) is 11.8 Å². The number of aryl methyl sites for hydroxylation is 1. The molecular weight excluding hydrogens is 344 g/mol. The minimum Gasteiger partial charge on any atom is -0.351 e. The fourth-order valence-electron chi connectivity index (χ4n) is 3.98. The monoisotopic (exact) mass is 368 g/mol. The predicted octanol–water partition coefficient (Wildman–Crippen LogP) is 3.15. The Bertz CT molecular complexity index is 800. The highest BCUT2D eigenvalue weighted by molar-refractivity contribution is 7.09. The standard InChI is InChI=1S/C21H24N2O2S/c1-15-4-6-16(7-5-15)11-19(24)23-9-8-21(14-23)12-18(21)20(25)22-13-17-3-2-10-26-17/h2-7,10,18H,8-9,11-14H2,1H3,(H,22,25)/t18-,21+/m1/s1. The molecule has 0 unspecified atom stereocenters. The number of carbonyl (C=O) groups excluding carboxylic acids is 2. The molecule has 1 aliphatic carbocycles. The molecule has 136 valence electrons. The van der Waals surface area contributed by atoms with Crippen LogP contribution in [0.2, 0.25) is 0 Å². The van der Waals surface area contributed by atoms with Crippen LogP contribution in [0.3, 0.4) is 0 Å². The Hall–Kier alpha value is -2.14. The first-order chi connectivity index (χ1) is 12.6. The van der Waals surface area contributed by atoms with Crippen molar-refractivity contribution in [2.45, 2.75) is 32.7 Å². The molecule has 5 heteroatoms. The largest absolute Gasteiger partial charge is 0.351 e. The summed E-state index contributed by atoms with van der Waals surface area (Å²) in [5, 5.41) is 5.08. The lowest BCUT2D eigenvalue weighted by molar-refractivity contribution is -0.130. The summed E-state index contributed by atoms with van der Waals surface area (Å²) in [5.41, 5.74) is 2.29. The first-order valence-electron chi connectivity index (χ1n) is 9.19. The van der Waals surface area contributed by atoms with Gasteiger partial charge in [-0.15, -0.1) is 11.3 Å². The van der Waals surface area contributed by atoms with Crippen LogP contribution in [0, 0.1) is 18.3 Å². The minimum absolute atomic E-state index is 0.0302. The molecule has 2 fully saturated rings. The van der Waals surface area contributed by atoms with E-state index in [1.165, 1.54) is 10.4 Å². The average Bonchev–Trinajstić information content (AvgIpc) is 2.99. The van der Waals surface area contributed by atoms with Gasteiger partial charge < -0.3 is 10.2 Å². The Balaban J connectivity index is 1.29. The second kappa shape index (κ2) is 6.88. The second-order valence-electron chi connectivity index (χ2n) is 7.64. The summed E-state index contributed by atoms with van der Waals surface area (Å²) in [6.45, 7) is 4.17. The molecule has 0 radical (unpaired) electrons. The van der Waals surface area contributed by atoms with Crippen molar-refractivity contribution in [2.75, 3.05) is 13.1 Å². The van der Waals surface area contributed by atoms with Gasteiger partial charge in [-0.25, -0.2) is 0 Å². The highest BCUT2D eigenvalue weighted by atomic mass is 32.1. The van der Waals surface area contributed by atoms with Crippen molar-refractivity contribution in [1.29, 1.82) is 0 Å². The molecule has 1 spiro atoms. The molecule has 1 saturated heterocycles. The van der Waals surface area contributed by atoms with Crippen LogP contribution in [0.15, 0.2) is 41.8 Å². The zero-order valence-electron chi connectivity index (χ0n) is 15.0. The number of nitrogens with one attached hydrogen (secondary N) is 1. The summed E-state index contributed by atoms with van der Waals surface area (Å²) in [7, 11) is 0. The Morgan fingerprint density at radius 2 is 2.08 bits per heavy atom. The number of hydrogen-bond acceptors (Lipinski definition) is 3. The van der Waals surface area contributed by atoms with E-state index in [4.69, 9.17) is 0 Å². The van der Waals surface area contributed by atoms with Gasteiger partial charge in [0.25, 0.3) is 0 Å². The van der Waals surface area contributed by atoms with Gasteiger partial charge in [-0.3, -0.25) is 9.59 Å². The van der Waals surface area contributed by atoms with Crippen molar-refractivity contribution in [1.82, 2.24) is 10.2 Å². The predicted molar refractivity (Wildman–Crippen MR) is 103 cm³/mol. The Morgan fingerprint density at radius 3 is 2.81 bits per heavy atom. The maximum atomic E-state index is 12.6. The van der Waals surface area contributed by atoms with Gasteiger partial charge in [-0.1, -0.05) is 35.9 Å². The van der Waals surface area contributed by atoms with Crippen LogP contribution in [-0.4, -0.2) is 29.8 Å². The molecule has 1 aliphatic heterocycles. The van der Waals surface area contributed by atoms with Crippen LogP contribution in [-0.2, 0) is 22.6 Å². The first-order valence-corrected chi connectivity index (χ1v) is 10.1. The van der Waals surface area contributed by atoms with Gasteiger partial charge in [-0.05, 0) is 36.8 Å². The van der Waals surface area contributed by atoms with E-state index in [0.717, 1.165) is 31.5 Å². The summed E-state index contributed by atoms with van der Waals surface area (Å²) in [4.78, 5) is 28.2. The van der Waals surface area contributed by atoms with Crippen molar-refractivity contribution < 1.29 is 9.59 Å². The third-order valence-corrected chi connectivity index (χ3v) is 6.61. The number of nitrogens with zero attached hydrogens (tertiary/aromatic N) is 1. The van der Waals surface area contributed by atoms with Gasteiger partial charge in [-0.2, -0.15) is 0 Å². The van der Waals surface area contributed by atoms with Crippen LogP contribution in [0.25, 0.3) is 0 Å². The van der Waals surface area contributed by atoms with Crippen molar-refractivity contribution in [3.05, 3.63) is 57.8 Å². The smallest absolute Gasteiger partial charge is 0.227 e. The Morgan fingerprint density at radius 1 is 1.27 bits per heavy atom. The van der Waals surface area contributed by atoms with Crippen LogP contribution >= 0.6 is 11.3 Å². The molecule has 26 heavy (non-hydrogen) atoms. The average molecular weight is 369 g/mol. The molecule has 4 rings (SSSR count). The van der Waals surface area contributed by atoms with E-state index in [1.807, 2.05) is 53.6 Å². The molecule has 2 aliphatic rings. The van der Waals surface area contributed by atoms with Crippen molar-refractivity contribution in [3.63, 3.8) is 0 Å². The van der Waals surface area contributed by atoms with Crippen molar-refractivity contribution in [3.8, 4) is 0 Å². The third kappa shape index (κ3) is 3.54. The third-order valence-electron chi connectivity index (χ3n) is 5.74. The van der Waals surface area contributed by atoms with E-state index in [0.29, 0.717) is 13.0 Å². The van der Waals surface area contributed by atoms with Gasteiger partial charge in [0.05, 0.1) is 13.0 Å². The van der Waals surface area contributed by atoms with Crippen LogP contribution in [0.4, 0.5) is 0 Å². The zero-order chi connectivity index (χ0) is 18.1. The zero-order valence-corrected chi connectivity index (χ0v) is 15.8. The normalized spacial score (nSPS) is 24.0. The van der Waals surface area contributed by atoms with Crippen molar-refractivity contribution in [2.24, 2.45) is 11.3 Å². The van der Waals surface area contributed by atoms with Gasteiger partial charge in [0.15, 0.2) is 0 Å². The molecule has 2 atom stereocenters. The minimum atomic E-state index is 0.0302. The maximum absolute atomic E-state index is 12.6. The Labute approximate surface area is 158 Å². The molecule has 1 N–H and O–H groups in total. The summed E-state index contributed by atoms with van der Waals surface area (Å²) in [6, 6.07) is 12.2. The second-order valence-corrected chi connectivity index (χ2v) is 8.68.